The number of anilines is 4. The number of hydrogen-bond acceptors (Lipinski definition) is 4. The van der Waals surface area contributed by atoms with Crippen LogP contribution in [-0.2, 0) is 0 Å². The van der Waals surface area contributed by atoms with Crippen LogP contribution < -0.4 is 22.9 Å². The number of nitrogen functional groups attached to an aromatic ring is 4. The molecule has 0 radical (unpaired) electrons. The maximum absolute atomic E-state index is 6.13. The number of rotatable bonds is 2. The Bertz CT molecular complexity index is 1250. The van der Waals surface area contributed by atoms with Gasteiger partial charge in [0.2, 0.25) is 0 Å². The van der Waals surface area contributed by atoms with E-state index in [2.05, 4.69) is 0 Å². The minimum atomic E-state index is 0.401. The molecule has 0 spiro atoms. The lowest BCUT2D eigenvalue weighted by molar-refractivity contribution is 1.60. The lowest BCUT2D eigenvalue weighted by atomic mass is 10.0. The van der Waals surface area contributed by atoms with Crippen LogP contribution in [0.3, 0.4) is 0 Å². The molecule has 0 bridgehead atoms. The van der Waals surface area contributed by atoms with Crippen LogP contribution in [0.15, 0.2) is 48.5 Å². The van der Waals surface area contributed by atoms with Crippen molar-refractivity contribution < 1.29 is 0 Å². The Kier molecular flexibility index (Phi) is 9.53. The summed E-state index contributed by atoms with van der Waals surface area (Å²) in [6.45, 7) is 0. The molecule has 0 amide bonds. The highest BCUT2D eigenvalue weighted by Gasteiger charge is 2.14. The van der Waals surface area contributed by atoms with E-state index < -0.39 is 0 Å². The Labute approximate surface area is 247 Å². The highest BCUT2D eigenvalue weighted by atomic mass is 35.5. The standard InChI is InChI=1S/2C12H8Cl4N2/c2*13-7-3-11(17)9(15)1-5(7)6-2-10(16)12(18)4-8(6)14/h2*1-4H,17-18H2. The Morgan fingerprint density at radius 3 is 0.611 bits per heavy atom. The first-order valence-electron chi connectivity index (χ1n) is 9.79. The van der Waals surface area contributed by atoms with E-state index in [-0.39, 0.29) is 0 Å². The maximum Gasteiger partial charge on any atom is 0.0642 e. The average molecular weight is 644 g/mol. The molecule has 0 aliphatic heterocycles. The van der Waals surface area contributed by atoms with E-state index in [9.17, 15) is 0 Å². The smallest absolute Gasteiger partial charge is 0.0642 e. The zero-order chi connectivity index (χ0) is 26.9. The Hall–Kier alpha value is -1.60. The molecule has 0 saturated heterocycles. The highest BCUT2D eigenvalue weighted by molar-refractivity contribution is 6.41. The van der Waals surface area contributed by atoms with Crippen LogP contribution in [0, 0.1) is 0 Å². The van der Waals surface area contributed by atoms with Gasteiger partial charge in [-0.15, -0.1) is 0 Å². The molecule has 8 N–H and O–H groups in total. The first-order chi connectivity index (χ1) is 16.8. The molecule has 0 aliphatic carbocycles. The summed E-state index contributed by atoms with van der Waals surface area (Å²) < 4.78 is 0. The van der Waals surface area contributed by atoms with Crippen molar-refractivity contribution in [1.82, 2.24) is 0 Å². The van der Waals surface area contributed by atoms with Gasteiger partial charge in [-0.3, -0.25) is 0 Å². The minimum Gasteiger partial charge on any atom is -0.397 e. The lowest BCUT2D eigenvalue weighted by Crippen LogP contribution is -1.91. The molecule has 188 valence electrons. The van der Waals surface area contributed by atoms with Crippen LogP contribution in [0.5, 0.6) is 0 Å². The lowest BCUT2D eigenvalue weighted by Gasteiger charge is -2.11. The second kappa shape index (κ2) is 11.8. The van der Waals surface area contributed by atoms with Gasteiger partial charge < -0.3 is 22.9 Å². The topological polar surface area (TPSA) is 104 Å². The summed E-state index contributed by atoms with van der Waals surface area (Å²) in [6, 6.07) is 12.9. The van der Waals surface area contributed by atoms with Gasteiger partial charge in [-0.1, -0.05) is 92.8 Å². The van der Waals surface area contributed by atoms with Crippen molar-refractivity contribution in [3.05, 3.63) is 88.7 Å². The summed E-state index contributed by atoms with van der Waals surface area (Å²) in [5.74, 6) is 0. The van der Waals surface area contributed by atoms with E-state index in [0.29, 0.717) is 85.2 Å². The van der Waals surface area contributed by atoms with E-state index in [4.69, 9.17) is 116 Å². The van der Waals surface area contributed by atoms with E-state index in [1.54, 1.807) is 48.5 Å². The summed E-state index contributed by atoms with van der Waals surface area (Å²) in [4.78, 5) is 0. The van der Waals surface area contributed by atoms with Gasteiger partial charge in [0, 0.05) is 22.3 Å². The van der Waals surface area contributed by atoms with E-state index in [1.807, 2.05) is 0 Å². The molecule has 0 unspecified atom stereocenters. The molecule has 4 aromatic rings. The third-order valence-corrected chi connectivity index (χ3v) is 7.49. The molecular weight excluding hydrogens is 628 g/mol. The number of benzene rings is 4. The van der Waals surface area contributed by atoms with Crippen LogP contribution in [0.2, 0.25) is 40.2 Å². The molecule has 4 nitrogen and oxygen atoms in total. The summed E-state index contributed by atoms with van der Waals surface area (Å²) in [5, 5.41) is 3.38. The van der Waals surface area contributed by atoms with Gasteiger partial charge in [-0.05, 0) is 48.5 Å². The fourth-order valence-corrected chi connectivity index (χ4v) is 4.82. The quantitative estimate of drug-likeness (QED) is 0.163. The third-order valence-electron chi connectivity index (χ3n) is 4.93. The summed E-state index contributed by atoms with van der Waals surface area (Å²) in [5.41, 5.74) is 26.9. The molecule has 4 rings (SSSR count). The fraction of sp³-hybridized carbons (Fsp3) is 0. The minimum absolute atomic E-state index is 0.401. The molecule has 12 heteroatoms. The first-order valence-corrected chi connectivity index (χ1v) is 12.8. The van der Waals surface area contributed by atoms with Crippen molar-refractivity contribution in [2.45, 2.75) is 0 Å². The predicted octanol–water partition coefficient (Wildman–Crippen LogP) is 10.3. The molecule has 0 aromatic heterocycles. The Balaban J connectivity index is 0.000000201. The highest BCUT2D eigenvalue weighted by Crippen LogP contribution is 2.41. The summed E-state index contributed by atoms with van der Waals surface area (Å²) >= 11 is 48.4. The molecule has 0 saturated carbocycles. The van der Waals surface area contributed by atoms with Gasteiger partial charge in [0.1, 0.15) is 0 Å². The molecule has 4 aromatic carbocycles. The Morgan fingerprint density at radius 2 is 0.444 bits per heavy atom. The van der Waals surface area contributed by atoms with Crippen molar-refractivity contribution in [2.75, 3.05) is 22.9 Å². The van der Waals surface area contributed by atoms with Crippen molar-refractivity contribution in [1.29, 1.82) is 0 Å². The van der Waals surface area contributed by atoms with Crippen molar-refractivity contribution in [3.8, 4) is 22.3 Å². The largest absolute Gasteiger partial charge is 0.397 e. The third kappa shape index (κ3) is 6.45. The monoisotopic (exact) mass is 640 g/mol. The Morgan fingerprint density at radius 1 is 0.278 bits per heavy atom. The molecular formula is C24H16Cl8N4. The second-order valence-corrected chi connectivity index (χ2v) is 10.7. The van der Waals surface area contributed by atoms with Crippen LogP contribution in [0.1, 0.15) is 0 Å². The number of hydrogen-bond donors (Lipinski definition) is 4. The van der Waals surface area contributed by atoms with Crippen molar-refractivity contribution in [3.63, 3.8) is 0 Å². The summed E-state index contributed by atoms with van der Waals surface area (Å²) in [7, 11) is 0. The van der Waals surface area contributed by atoms with Crippen LogP contribution in [0.4, 0.5) is 22.7 Å². The predicted molar refractivity (Wildman–Crippen MR) is 161 cm³/mol. The van der Waals surface area contributed by atoms with Crippen molar-refractivity contribution in [2.24, 2.45) is 0 Å². The molecule has 36 heavy (non-hydrogen) atoms. The maximum atomic E-state index is 6.13. The van der Waals surface area contributed by atoms with Gasteiger partial charge in [0.05, 0.1) is 62.9 Å². The van der Waals surface area contributed by atoms with E-state index in [0.717, 1.165) is 0 Å². The van der Waals surface area contributed by atoms with Gasteiger partial charge in [-0.25, -0.2) is 0 Å². The zero-order valence-electron chi connectivity index (χ0n) is 18.0. The van der Waals surface area contributed by atoms with Crippen LogP contribution >= 0.6 is 92.8 Å². The fourth-order valence-electron chi connectivity index (χ4n) is 3.07. The van der Waals surface area contributed by atoms with Gasteiger partial charge in [0.15, 0.2) is 0 Å². The van der Waals surface area contributed by atoms with Crippen LogP contribution in [-0.4, -0.2) is 0 Å². The molecule has 0 fully saturated rings. The van der Waals surface area contributed by atoms with E-state index in [1.165, 1.54) is 0 Å². The van der Waals surface area contributed by atoms with Crippen molar-refractivity contribution >= 4 is 116 Å². The SMILES string of the molecule is Nc1cc(Cl)c(-c2cc(Cl)c(N)cc2Cl)cc1Cl.Nc1cc(Cl)c(-c2cc(Cl)c(N)cc2Cl)cc1Cl. The van der Waals surface area contributed by atoms with Gasteiger partial charge in [-0.2, -0.15) is 0 Å². The van der Waals surface area contributed by atoms with E-state index >= 15 is 0 Å². The zero-order valence-corrected chi connectivity index (χ0v) is 24.0. The van der Waals surface area contributed by atoms with Gasteiger partial charge >= 0.3 is 0 Å². The summed E-state index contributed by atoms with van der Waals surface area (Å²) in [6.07, 6.45) is 0. The normalized spacial score (nSPS) is 10.7. The van der Waals surface area contributed by atoms with Crippen LogP contribution in [0.25, 0.3) is 22.3 Å². The first kappa shape index (κ1) is 29.0. The molecule has 0 atom stereocenters. The second-order valence-electron chi connectivity index (χ2n) is 7.41. The number of nitrogens with two attached hydrogens (primary N) is 4. The molecule has 0 aliphatic rings. The average Bonchev–Trinajstić information content (AvgIpc) is 2.79. The number of halogens is 8. The molecule has 0 heterocycles. The van der Waals surface area contributed by atoms with Gasteiger partial charge in [0.25, 0.3) is 0 Å².